The minimum atomic E-state index is -0.246. The number of hydrogen-bond donors (Lipinski definition) is 2. The fourth-order valence-corrected chi connectivity index (χ4v) is 2.44. The zero-order chi connectivity index (χ0) is 18.5. The van der Waals surface area contributed by atoms with Gasteiger partial charge in [-0.3, -0.25) is 9.59 Å². The number of halogens is 1. The molecule has 0 atom stereocenters. The largest absolute Gasteiger partial charge is 0.340 e. The van der Waals surface area contributed by atoms with E-state index in [0.717, 1.165) is 5.69 Å². The first-order valence-electron chi connectivity index (χ1n) is 7.92. The highest BCUT2D eigenvalue weighted by Crippen LogP contribution is 2.18. The summed E-state index contributed by atoms with van der Waals surface area (Å²) in [6, 6.07) is 17.2. The molecule has 26 heavy (non-hydrogen) atoms. The molecule has 0 saturated heterocycles. The van der Waals surface area contributed by atoms with E-state index in [1.165, 1.54) is 6.92 Å². The molecule has 5 nitrogen and oxygen atoms in total. The van der Waals surface area contributed by atoms with Gasteiger partial charge in [0.2, 0.25) is 0 Å². The summed E-state index contributed by atoms with van der Waals surface area (Å²) in [7, 11) is 0. The fraction of sp³-hybridized carbons (Fsp3) is 0.0500. The number of rotatable bonds is 5. The van der Waals surface area contributed by atoms with Gasteiger partial charge in [0.25, 0.3) is 5.91 Å². The van der Waals surface area contributed by atoms with Crippen LogP contribution in [0.25, 0.3) is 0 Å². The van der Waals surface area contributed by atoms with Crippen molar-refractivity contribution in [2.75, 3.05) is 10.6 Å². The molecule has 3 aromatic rings. The molecule has 2 aromatic carbocycles. The topological polar surface area (TPSA) is 71.1 Å². The maximum absolute atomic E-state index is 12.4. The molecule has 1 aromatic heterocycles. The number of nitrogens with one attached hydrogen (secondary N) is 2. The third-order valence-corrected chi connectivity index (χ3v) is 3.94. The summed E-state index contributed by atoms with van der Waals surface area (Å²) in [4.78, 5) is 27.9. The van der Waals surface area contributed by atoms with Gasteiger partial charge in [0, 0.05) is 33.7 Å². The van der Waals surface area contributed by atoms with Crippen LogP contribution >= 0.6 is 11.6 Å². The molecule has 0 spiro atoms. The second-order valence-corrected chi connectivity index (χ2v) is 6.09. The number of benzene rings is 2. The molecule has 130 valence electrons. The van der Waals surface area contributed by atoms with Crippen LogP contribution in [0.2, 0.25) is 5.02 Å². The molecule has 2 N–H and O–H groups in total. The lowest BCUT2D eigenvalue weighted by Crippen LogP contribution is -2.12. The Kier molecular flexibility index (Phi) is 5.29. The van der Waals surface area contributed by atoms with Crippen LogP contribution in [0, 0.1) is 0 Å². The number of carbonyl (C=O) groups is 2. The lowest BCUT2D eigenvalue weighted by molar-refractivity contribution is 0.101. The van der Waals surface area contributed by atoms with Gasteiger partial charge in [0.05, 0.1) is 0 Å². The van der Waals surface area contributed by atoms with Crippen molar-refractivity contribution in [1.82, 2.24) is 4.98 Å². The molecular weight excluding hydrogens is 350 g/mol. The normalized spacial score (nSPS) is 10.2. The average molecular weight is 366 g/mol. The summed E-state index contributed by atoms with van der Waals surface area (Å²) in [5.74, 6) is 0.296. The number of ketones is 1. The van der Waals surface area contributed by atoms with Crippen LogP contribution in [0.4, 0.5) is 17.2 Å². The van der Waals surface area contributed by atoms with Crippen LogP contribution < -0.4 is 10.6 Å². The zero-order valence-corrected chi connectivity index (χ0v) is 14.7. The van der Waals surface area contributed by atoms with Crippen LogP contribution in [0.5, 0.6) is 0 Å². The highest BCUT2D eigenvalue weighted by molar-refractivity contribution is 6.30. The summed E-state index contributed by atoms with van der Waals surface area (Å²) in [5.41, 5.74) is 2.54. The van der Waals surface area contributed by atoms with Crippen molar-refractivity contribution in [3.05, 3.63) is 83.0 Å². The van der Waals surface area contributed by atoms with Gasteiger partial charge in [0.15, 0.2) is 5.78 Å². The van der Waals surface area contributed by atoms with Crippen molar-refractivity contribution in [1.29, 1.82) is 0 Å². The van der Waals surface area contributed by atoms with Gasteiger partial charge in [-0.25, -0.2) is 4.98 Å². The Morgan fingerprint density at radius 3 is 2.19 bits per heavy atom. The maximum atomic E-state index is 12.4. The summed E-state index contributed by atoms with van der Waals surface area (Å²) >= 11 is 5.84. The zero-order valence-electron chi connectivity index (χ0n) is 14.0. The maximum Gasteiger partial charge on any atom is 0.255 e. The standard InChI is InChI=1S/C20H16ClN3O2/c1-13(25)14-2-6-17(7-3-14)23-19-12-15(10-11-22-19)20(26)24-18-8-4-16(21)5-9-18/h2-12H,1H3,(H,22,23)(H,24,26). The Bertz CT molecular complexity index is 938. The Morgan fingerprint density at radius 2 is 1.54 bits per heavy atom. The number of aromatic nitrogens is 1. The molecular formula is C20H16ClN3O2. The number of nitrogens with zero attached hydrogens (tertiary/aromatic N) is 1. The molecule has 1 heterocycles. The molecule has 0 aliphatic heterocycles. The van der Waals surface area contributed by atoms with Gasteiger partial charge < -0.3 is 10.6 Å². The molecule has 0 aliphatic carbocycles. The first-order chi connectivity index (χ1) is 12.5. The van der Waals surface area contributed by atoms with E-state index in [9.17, 15) is 9.59 Å². The number of hydrogen-bond acceptors (Lipinski definition) is 4. The summed E-state index contributed by atoms with van der Waals surface area (Å²) in [6.07, 6.45) is 1.56. The van der Waals surface area contributed by atoms with E-state index >= 15 is 0 Å². The van der Waals surface area contributed by atoms with Crippen LogP contribution in [0.15, 0.2) is 66.9 Å². The quantitative estimate of drug-likeness (QED) is 0.628. The Morgan fingerprint density at radius 1 is 0.885 bits per heavy atom. The van der Waals surface area contributed by atoms with Crippen molar-refractivity contribution >= 4 is 40.5 Å². The van der Waals surface area contributed by atoms with Gasteiger partial charge >= 0.3 is 0 Å². The first kappa shape index (κ1) is 17.6. The highest BCUT2D eigenvalue weighted by Gasteiger charge is 2.08. The molecule has 0 unspecified atom stereocenters. The van der Waals surface area contributed by atoms with Gasteiger partial charge in [0.1, 0.15) is 5.82 Å². The minimum absolute atomic E-state index is 0.00976. The van der Waals surface area contributed by atoms with E-state index < -0.39 is 0 Å². The summed E-state index contributed by atoms with van der Waals surface area (Å²) in [5, 5.41) is 6.53. The van der Waals surface area contributed by atoms with Crippen molar-refractivity contribution < 1.29 is 9.59 Å². The van der Waals surface area contributed by atoms with E-state index in [4.69, 9.17) is 11.6 Å². The number of Topliss-reactive ketones (excluding diaryl/α,β-unsaturated/α-hetero) is 1. The molecule has 0 bridgehead atoms. The monoisotopic (exact) mass is 365 g/mol. The third kappa shape index (κ3) is 4.46. The fourth-order valence-electron chi connectivity index (χ4n) is 2.31. The first-order valence-corrected chi connectivity index (χ1v) is 8.30. The second kappa shape index (κ2) is 7.80. The molecule has 3 rings (SSSR count). The van der Waals surface area contributed by atoms with Crippen LogP contribution in [0.3, 0.4) is 0 Å². The molecule has 6 heteroatoms. The molecule has 0 aliphatic rings. The Labute approximate surface area is 156 Å². The smallest absolute Gasteiger partial charge is 0.255 e. The number of amides is 1. The van der Waals surface area contributed by atoms with Crippen molar-refractivity contribution in [3.8, 4) is 0 Å². The lowest BCUT2D eigenvalue weighted by Gasteiger charge is -2.09. The highest BCUT2D eigenvalue weighted by atomic mass is 35.5. The molecule has 1 amide bonds. The number of carbonyl (C=O) groups excluding carboxylic acids is 2. The van der Waals surface area contributed by atoms with Crippen molar-refractivity contribution in [3.63, 3.8) is 0 Å². The van der Waals surface area contributed by atoms with E-state index in [-0.39, 0.29) is 11.7 Å². The molecule has 0 radical (unpaired) electrons. The lowest BCUT2D eigenvalue weighted by atomic mass is 10.1. The van der Waals surface area contributed by atoms with E-state index in [1.54, 1.807) is 66.9 Å². The second-order valence-electron chi connectivity index (χ2n) is 5.65. The third-order valence-electron chi connectivity index (χ3n) is 3.69. The molecule has 0 saturated carbocycles. The Hall–Kier alpha value is -3.18. The van der Waals surface area contributed by atoms with Gasteiger partial charge in [-0.05, 0) is 67.6 Å². The van der Waals surface area contributed by atoms with Crippen molar-refractivity contribution in [2.24, 2.45) is 0 Å². The SMILES string of the molecule is CC(=O)c1ccc(Nc2cc(C(=O)Nc3ccc(Cl)cc3)ccn2)cc1. The van der Waals surface area contributed by atoms with Gasteiger partial charge in [-0.1, -0.05) is 11.6 Å². The van der Waals surface area contributed by atoms with E-state index in [1.807, 2.05) is 0 Å². The number of pyridine rings is 1. The Balaban J connectivity index is 1.72. The van der Waals surface area contributed by atoms with Crippen LogP contribution in [-0.4, -0.2) is 16.7 Å². The number of anilines is 3. The predicted molar refractivity (Wildman–Crippen MR) is 103 cm³/mol. The molecule has 0 fully saturated rings. The van der Waals surface area contributed by atoms with E-state index in [0.29, 0.717) is 27.7 Å². The average Bonchev–Trinajstić information content (AvgIpc) is 2.64. The minimum Gasteiger partial charge on any atom is -0.340 e. The van der Waals surface area contributed by atoms with Crippen molar-refractivity contribution in [2.45, 2.75) is 6.92 Å². The summed E-state index contributed by atoms with van der Waals surface area (Å²) < 4.78 is 0. The van der Waals surface area contributed by atoms with E-state index in [2.05, 4.69) is 15.6 Å². The van der Waals surface area contributed by atoms with Gasteiger partial charge in [-0.15, -0.1) is 0 Å². The van der Waals surface area contributed by atoms with Crippen LogP contribution in [0.1, 0.15) is 27.6 Å². The van der Waals surface area contributed by atoms with Gasteiger partial charge in [-0.2, -0.15) is 0 Å². The summed E-state index contributed by atoms with van der Waals surface area (Å²) in [6.45, 7) is 1.52. The predicted octanol–water partition coefficient (Wildman–Crippen LogP) is 4.93. The van der Waals surface area contributed by atoms with Crippen LogP contribution in [-0.2, 0) is 0 Å².